The number of benzene rings is 1. The van der Waals surface area contributed by atoms with Crippen molar-refractivity contribution in [2.75, 3.05) is 24.5 Å². The van der Waals surface area contributed by atoms with Crippen molar-refractivity contribution in [3.05, 3.63) is 41.5 Å². The quantitative estimate of drug-likeness (QED) is 0.854. The minimum Gasteiger partial charge on any atom is -0.314 e. The molecule has 0 radical (unpaired) electrons. The zero-order chi connectivity index (χ0) is 16.8. The molecule has 0 N–H and O–H groups in total. The maximum absolute atomic E-state index is 13.0. The zero-order valence-corrected chi connectivity index (χ0v) is 14.4. The van der Waals surface area contributed by atoms with Crippen LogP contribution >= 0.6 is 0 Å². The number of hydrogen-bond donors (Lipinski definition) is 0. The lowest BCUT2D eigenvalue weighted by molar-refractivity contribution is -0.121. The monoisotopic (exact) mass is 337 g/mol. The third kappa shape index (κ3) is 2.56. The fourth-order valence-electron chi connectivity index (χ4n) is 4.49. The van der Waals surface area contributed by atoms with Gasteiger partial charge in [-0.15, -0.1) is 10.2 Å². The number of anilines is 1. The summed E-state index contributed by atoms with van der Waals surface area (Å²) in [6.07, 6.45) is 4.14. The molecular formula is C19H23N5O. The van der Waals surface area contributed by atoms with E-state index in [0.717, 1.165) is 69.3 Å². The molecule has 1 fully saturated rings. The van der Waals surface area contributed by atoms with Gasteiger partial charge in [-0.1, -0.05) is 18.2 Å². The van der Waals surface area contributed by atoms with Gasteiger partial charge in [-0.25, -0.2) is 0 Å². The van der Waals surface area contributed by atoms with E-state index < -0.39 is 0 Å². The predicted octanol–water partition coefficient (Wildman–Crippen LogP) is 1.64. The zero-order valence-electron chi connectivity index (χ0n) is 14.4. The number of para-hydroxylation sites is 1. The van der Waals surface area contributed by atoms with Crippen LogP contribution in [0, 0.1) is 5.92 Å². The summed E-state index contributed by atoms with van der Waals surface area (Å²) in [6.45, 7) is 4.48. The SMILES string of the molecule is O=C(C1CCN(Cc2nnc3n2CCC3)C1)N1CCc2ccccc21. The van der Waals surface area contributed by atoms with Crippen LogP contribution in [0.15, 0.2) is 24.3 Å². The fraction of sp³-hybridized carbons (Fsp3) is 0.526. The number of amides is 1. The molecule has 1 saturated heterocycles. The second kappa shape index (κ2) is 5.95. The first-order valence-corrected chi connectivity index (χ1v) is 9.32. The van der Waals surface area contributed by atoms with Crippen LogP contribution in [0.3, 0.4) is 0 Å². The number of fused-ring (bicyclic) bond motifs is 2. The van der Waals surface area contributed by atoms with Gasteiger partial charge in [0, 0.05) is 31.7 Å². The number of likely N-dealkylation sites (tertiary alicyclic amines) is 1. The van der Waals surface area contributed by atoms with Crippen LogP contribution in [0.25, 0.3) is 0 Å². The highest BCUT2D eigenvalue weighted by Gasteiger charge is 2.35. The molecule has 2 aromatic rings. The Morgan fingerprint density at radius 3 is 3.00 bits per heavy atom. The molecule has 0 aliphatic carbocycles. The first kappa shape index (κ1) is 15.1. The molecule has 0 spiro atoms. The normalized spacial score (nSPS) is 22.4. The predicted molar refractivity (Wildman–Crippen MR) is 94.2 cm³/mol. The van der Waals surface area contributed by atoms with E-state index in [1.165, 1.54) is 12.0 Å². The minimum atomic E-state index is 0.104. The second-order valence-electron chi connectivity index (χ2n) is 7.38. The number of nitrogens with zero attached hydrogens (tertiary/aromatic N) is 5. The number of aromatic nitrogens is 3. The number of rotatable bonds is 3. The topological polar surface area (TPSA) is 54.3 Å². The van der Waals surface area contributed by atoms with E-state index in [-0.39, 0.29) is 5.92 Å². The van der Waals surface area contributed by atoms with Gasteiger partial charge in [-0.2, -0.15) is 0 Å². The first-order chi connectivity index (χ1) is 12.3. The Balaban J connectivity index is 1.26. The first-order valence-electron chi connectivity index (χ1n) is 9.32. The van der Waals surface area contributed by atoms with Crippen LogP contribution in [0.1, 0.15) is 30.1 Å². The number of hydrogen-bond acceptors (Lipinski definition) is 4. The maximum atomic E-state index is 13.0. The van der Waals surface area contributed by atoms with Gasteiger partial charge in [0.25, 0.3) is 0 Å². The van der Waals surface area contributed by atoms with Crippen LogP contribution in [0.5, 0.6) is 0 Å². The van der Waals surface area contributed by atoms with E-state index >= 15 is 0 Å². The summed E-state index contributed by atoms with van der Waals surface area (Å²) in [7, 11) is 0. The molecule has 130 valence electrons. The highest BCUT2D eigenvalue weighted by Crippen LogP contribution is 2.31. The minimum absolute atomic E-state index is 0.104. The van der Waals surface area contributed by atoms with E-state index in [1.807, 2.05) is 11.0 Å². The van der Waals surface area contributed by atoms with Crippen LogP contribution in [-0.2, 0) is 30.7 Å². The van der Waals surface area contributed by atoms with Gasteiger partial charge in [0.15, 0.2) is 0 Å². The molecule has 25 heavy (non-hydrogen) atoms. The molecule has 1 unspecified atom stereocenters. The Hall–Kier alpha value is -2.21. The molecule has 6 heteroatoms. The van der Waals surface area contributed by atoms with Crippen molar-refractivity contribution in [2.45, 2.75) is 38.8 Å². The average Bonchev–Trinajstić information content (AvgIpc) is 3.40. The van der Waals surface area contributed by atoms with Gasteiger partial charge in [-0.05, 0) is 37.4 Å². The lowest BCUT2D eigenvalue weighted by atomic mass is 10.1. The molecule has 0 saturated carbocycles. The third-order valence-corrected chi connectivity index (χ3v) is 5.83. The molecular weight excluding hydrogens is 314 g/mol. The molecule has 3 aliphatic rings. The van der Waals surface area contributed by atoms with Gasteiger partial charge < -0.3 is 9.47 Å². The molecule has 1 aromatic heterocycles. The summed E-state index contributed by atoms with van der Waals surface area (Å²) in [6, 6.07) is 8.29. The molecule has 3 aliphatic heterocycles. The van der Waals surface area contributed by atoms with Gasteiger partial charge in [0.2, 0.25) is 5.91 Å². The lowest BCUT2D eigenvalue weighted by Crippen LogP contribution is -2.36. The molecule has 1 amide bonds. The number of carbonyl (C=O) groups is 1. The Morgan fingerprint density at radius 2 is 2.04 bits per heavy atom. The summed E-state index contributed by atoms with van der Waals surface area (Å²) in [5, 5.41) is 8.65. The van der Waals surface area contributed by atoms with Crippen molar-refractivity contribution < 1.29 is 4.79 Å². The van der Waals surface area contributed by atoms with E-state index in [4.69, 9.17) is 0 Å². The number of aryl methyl sites for hydroxylation is 1. The van der Waals surface area contributed by atoms with E-state index in [2.05, 4.69) is 37.9 Å². The lowest BCUT2D eigenvalue weighted by Gasteiger charge is -2.22. The van der Waals surface area contributed by atoms with Gasteiger partial charge in [0.1, 0.15) is 11.6 Å². The molecule has 0 bridgehead atoms. The molecule has 5 rings (SSSR count). The van der Waals surface area contributed by atoms with Gasteiger partial charge in [0.05, 0.1) is 12.5 Å². The summed E-state index contributed by atoms with van der Waals surface area (Å²) < 4.78 is 2.26. The summed E-state index contributed by atoms with van der Waals surface area (Å²) in [4.78, 5) is 17.4. The Morgan fingerprint density at radius 1 is 1.12 bits per heavy atom. The van der Waals surface area contributed by atoms with Gasteiger partial charge in [-0.3, -0.25) is 9.69 Å². The van der Waals surface area contributed by atoms with Crippen LogP contribution < -0.4 is 4.90 Å². The average molecular weight is 337 g/mol. The number of carbonyl (C=O) groups excluding carboxylic acids is 1. The van der Waals surface area contributed by atoms with E-state index in [9.17, 15) is 4.79 Å². The van der Waals surface area contributed by atoms with E-state index in [1.54, 1.807) is 0 Å². The molecule has 1 aromatic carbocycles. The van der Waals surface area contributed by atoms with Crippen molar-refractivity contribution in [1.29, 1.82) is 0 Å². The summed E-state index contributed by atoms with van der Waals surface area (Å²) >= 11 is 0. The van der Waals surface area contributed by atoms with Gasteiger partial charge >= 0.3 is 0 Å². The smallest absolute Gasteiger partial charge is 0.231 e. The Kier molecular flexibility index (Phi) is 3.59. The Bertz CT molecular complexity index is 814. The molecule has 4 heterocycles. The fourth-order valence-corrected chi connectivity index (χ4v) is 4.49. The van der Waals surface area contributed by atoms with Crippen LogP contribution in [0.4, 0.5) is 5.69 Å². The summed E-state index contributed by atoms with van der Waals surface area (Å²) in [5.41, 5.74) is 2.41. The van der Waals surface area contributed by atoms with Crippen molar-refractivity contribution in [1.82, 2.24) is 19.7 Å². The molecule has 1 atom stereocenters. The highest BCUT2D eigenvalue weighted by atomic mass is 16.2. The Labute approximate surface area is 147 Å². The van der Waals surface area contributed by atoms with Crippen LogP contribution in [-0.4, -0.2) is 45.2 Å². The standard InChI is InChI=1S/C19H23N5O/c25-19(23-11-8-14-4-1-2-5-16(14)23)15-7-10-22(12-15)13-18-21-20-17-6-3-9-24(17)18/h1-2,4-5,15H,3,6-13H2. The van der Waals surface area contributed by atoms with Crippen LogP contribution in [0.2, 0.25) is 0 Å². The highest BCUT2D eigenvalue weighted by molar-refractivity contribution is 5.97. The van der Waals surface area contributed by atoms with E-state index in [0.29, 0.717) is 5.91 Å². The maximum Gasteiger partial charge on any atom is 0.231 e. The van der Waals surface area contributed by atoms with Crippen molar-refractivity contribution in [2.24, 2.45) is 5.92 Å². The van der Waals surface area contributed by atoms with Crippen molar-refractivity contribution in [3.8, 4) is 0 Å². The second-order valence-corrected chi connectivity index (χ2v) is 7.38. The summed E-state index contributed by atoms with van der Waals surface area (Å²) in [5.74, 6) is 2.58. The van der Waals surface area contributed by atoms with Crippen molar-refractivity contribution in [3.63, 3.8) is 0 Å². The third-order valence-electron chi connectivity index (χ3n) is 5.83. The largest absolute Gasteiger partial charge is 0.314 e. The van der Waals surface area contributed by atoms with Crippen molar-refractivity contribution >= 4 is 11.6 Å². The molecule has 6 nitrogen and oxygen atoms in total.